The number of ether oxygens (including phenoxy) is 1. The van der Waals surface area contributed by atoms with Crippen LogP contribution in [0.25, 0.3) is 22.8 Å². The zero-order chi connectivity index (χ0) is 23.8. The van der Waals surface area contributed by atoms with Crippen molar-refractivity contribution in [2.75, 3.05) is 12.0 Å². The third-order valence-electron chi connectivity index (χ3n) is 5.96. The molecule has 3 aromatic heterocycles. The molecule has 0 saturated carbocycles. The maximum absolute atomic E-state index is 11.6. The van der Waals surface area contributed by atoms with E-state index >= 15 is 0 Å². The van der Waals surface area contributed by atoms with Gasteiger partial charge in [0.15, 0.2) is 11.6 Å². The van der Waals surface area contributed by atoms with Gasteiger partial charge in [0.2, 0.25) is 0 Å². The SMILES string of the molecule is COc1cnc(-c2ccc3c(c2)CN(c2cccc(-c4nncn4C(C)C)n2)C3)cc1C(=O)O. The zero-order valence-corrected chi connectivity index (χ0v) is 19.1. The van der Waals surface area contributed by atoms with Gasteiger partial charge in [0, 0.05) is 24.7 Å². The second kappa shape index (κ2) is 8.58. The largest absolute Gasteiger partial charge is 0.494 e. The highest BCUT2D eigenvalue weighted by Crippen LogP contribution is 2.32. The van der Waals surface area contributed by atoms with Gasteiger partial charge in [0.1, 0.15) is 23.4 Å². The molecule has 1 N–H and O–H groups in total. The number of carboxylic acids is 1. The van der Waals surface area contributed by atoms with Gasteiger partial charge in [-0.1, -0.05) is 18.2 Å². The molecule has 9 heteroatoms. The monoisotopic (exact) mass is 456 g/mol. The highest BCUT2D eigenvalue weighted by molar-refractivity contribution is 5.92. The first-order valence-corrected chi connectivity index (χ1v) is 11.0. The lowest BCUT2D eigenvalue weighted by molar-refractivity contribution is 0.0693. The Morgan fingerprint density at radius 3 is 2.68 bits per heavy atom. The predicted molar refractivity (Wildman–Crippen MR) is 127 cm³/mol. The van der Waals surface area contributed by atoms with Crippen LogP contribution in [0.3, 0.4) is 0 Å². The molecule has 1 aliphatic heterocycles. The Kier molecular flexibility index (Phi) is 5.45. The van der Waals surface area contributed by atoms with Crippen LogP contribution in [0, 0.1) is 0 Å². The van der Waals surface area contributed by atoms with Crippen molar-refractivity contribution in [3.05, 3.63) is 71.7 Å². The predicted octanol–water partition coefficient (Wildman–Crippen LogP) is 4.21. The molecule has 0 saturated heterocycles. The second-order valence-electron chi connectivity index (χ2n) is 8.45. The molecule has 5 rings (SSSR count). The zero-order valence-electron chi connectivity index (χ0n) is 19.1. The Hall–Kier alpha value is -4.27. The van der Waals surface area contributed by atoms with Gasteiger partial charge in [-0.2, -0.15) is 0 Å². The van der Waals surface area contributed by atoms with Crippen LogP contribution in [-0.2, 0) is 13.1 Å². The minimum absolute atomic E-state index is 0.0879. The summed E-state index contributed by atoms with van der Waals surface area (Å²) in [5, 5.41) is 17.8. The molecule has 0 fully saturated rings. The average Bonchev–Trinajstić information content (AvgIpc) is 3.51. The molecule has 4 heterocycles. The molecule has 1 aliphatic rings. The first kappa shape index (κ1) is 21.6. The van der Waals surface area contributed by atoms with Crippen molar-refractivity contribution in [1.29, 1.82) is 0 Å². The number of benzene rings is 1. The minimum atomic E-state index is -1.05. The maximum Gasteiger partial charge on any atom is 0.339 e. The van der Waals surface area contributed by atoms with Gasteiger partial charge in [-0.3, -0.25) is 4.98 Å². The number of anilines is 1. The molecule has 1 aromatic carbocycles. The van der Waals surface area contributed by atoms with Crippen LogP contribution in [0.15, 0.2) is 55.0 Å². The van der Waals surface area contributed by atoms with Crippen LogP contribution in [-0.4, -0.2) is 42.9 Å². The number of pyridine rings is 2. The normalized spacial score (nSPS) is 12.8. The van der Waals surface area contributed by atoms with Gasteiger partial charge >= 0.3 is 5.97 Å². The molecular formula is C25H24N6O3. The smallest absolute Gasteiger partial charge is 0.339 e. The van der Waals surface area contributed by atoms with Gasteiger partial charge in [0.05, 0.1) is 19.0 Å². The van der Waals surface area contributed by atoms with Crippen molar-refractivity contribution < 1.29 is 14.6 Å². The van der Waals surface area contributed by atoms with Crippen LogP contribution in [0.1, 0.15) is 41.4 Å². The Balaban J connectivity index is 1.42. The van der Waals surface area contributed by atoms with Crippen molar-refractivity contribution in [1.82, 2.24) is 24.7 Å². The van der Waals surface area contributed by atoms with Crippen molar-refractivity contribution in [3.63, 3.8) is 0 Å². The molecule has 0 amide bonds. The van der Waals surface area contributed by atoms with Crippen LogP contribution < -0.4 is 9.64 Å². The fourth-order valence-electron chi connectivity index (χ4n) is 4.17. The fourth-order valence-corrected chi connectivity index (χ4v) is 4.17. The molecule has 0 radical (unpaired) electrons. The van der Waals surface area contributed by atoms with E-state index in [-0.39, 0.29) is 17.4 Å². The lowest BCUT2D eigenvalue weighted by atomic mass is 10.0. The highest BCUT2D eigenvalue weighted by atomic mass is 16.5. The van der Waals surface area contributed by atoms with E-state index in [0.717, 1.165) is 35.0 Å². The number of rotatable bonds is 6. The standard InChI is InChI=1S/C25H24N6O3/c1-15(2)31-14-27-29-24(31)20-5-4-6-23(28-20)30-12-17-8-7-16(9-18(17)13-30)21-10-19(25(32)33)22(34-3)11-26-21/h4-11,14-15H,12-13H2,1-3H3,(H,32,33). The van der Waals surface area contributed by atoms with E-state index in [1.54, 1.807) is 12.4 Å². The number of fused-ring (bicyclic) bond motifs is 1. The number of hydrogen-bond donors (Lipinski definition) is 1. The molecule has 0 atom stereocenters. The molecule has 172 valence electrons. The fraction of sp³-hybridized carbons (Fsp3) is 0.240. The maximum atomic E-state index is 11.6. The van der Waals surface area contributed by atoms with Gasteiger partial charge in [-0.25, -0.2) is 9.78 Å². The van der Waals surface area contributed by atoms with Gasteiger partial charge in [-0.15, -0.1) is 10.2 Å². The summed E-state index contributed by atoms with van der Waals surface area (Å²) in [5.41, 5.74) is 4.68. The van der Waals surface area contributed by atoms with Crippen molar-refractivity contribution in [3.8, 4) is 28.5 Å². The van der Waals surface area contributed by atoms with E-state index in [1.807, 2.05) is 28.8 Å². The summed E-state index contributed by atoms with van der Waals surface area (Å²) < 4.78 is 7.13. The van der Waals surface area contributed by atoms with Crippen LogP contribution in [0.4, 0.5) is 5.82 Å². The van der Waals surface area contributed by atoms with E-state index in [4.69, 9.17) is 9.72 Å². The number of nitrogens with zero attached hydrogens (tertiary/aromatic N) is 6. The van der Waals surface area contributed by atoms with E-state index in [9.17, 15) is 9.90 Å². The number of hydrogen-bond acceptors (Lipinski definition) is 7. The van der Waals surface area contributed by atoms with Crippen LogP contribution >= 0.6 is 0 Å². The summed E-state index contributed by atoms with van der Waals surface area (Å²) in [6.45, 7) is 5.60. The average molecular weight is 457 g/mol. The summed E-state index contributed by atoms with van der Waals surface area (Å²) in [5.74, 6) is 0.801. The summed E-state index contributed by atoms with van der Waals surface area (Å²) in [6.07, 6.45) is 3.17. The minimum Gasteiger partial charge on any atom is -0.494 e. The molecule has 34 heavy (non-hydrogen) atoms. The van der Waals surface area contributed by atoms with Gasteiger partial charge in [-0.05, 0) is 49.2 Å². The van der Waals surface area contributed by atoms with E-state index in [0.29, 0.717) is 12.2 Å². The van der Waals surface area contributed by atoms with E-state index in [2.05, 4.69) is 46.1 Å². The molecule has 9 nitrogen and oxygen atoms in total. The molecule has 0 bridgehead atoms. The Morgan fingerprint density at radius 1 is 1.09 bits per heavy atom. The van der Waals surface area contributed by atoms with Crippen molar-refractivity contribution in [2.24, 2.45) is 0 Å². The highest BCUT2D eigenvalue weighted by Gasteiger charge is 2.22. The quantitative estimate of drug-likeness (QED) is 0.460. The Bertz CT molecular complexity index is 1380. The lowest BCUT2D eigenvalue weighted by Crippen LogP contribution is -2.16. The molecule has 4 aromatic rings. The van der Waals surface area contributed by atoms with E-state index < -0.39 is 5.97 Å². The topological polar surface area (TPSA) is 106 Å². The summed E-state index contributed by atoms with van der Waals surface area (Å²) in [7, 11) is 1.43. The van der Waals surface area contributed by atoms with E-state index in [1.165, 1.54) is 18.9 Å². The number of aromatic carboxylic acids is 1. The first-order chi connectivity index (χ1) is 16.4. The Labute approximate surface area is 196 Å². The van der Waals surface area contributed by atoms with Crippen molar-refractivity contribution in [2.45, 2.75) is 33.0 Å². The Morgan fingerprint density at radius 2 is 1.91 bits per heavy atom. The summed E-state index contributed by atoms with van der Waals surface area (Å²) >= 11 is 0. The number of aromatic nitrogens is 5. The molecular weight excluding hydrogens is 432 g/mol. The number of methoxy groups -OCH3 is 1. The third-order valence-corrected chi connectivity index (χ3v) is 5.96. The molecule has 0 spiro atoms. The molecule has 0 unspecified atom stereocenters. The second-order valence-corrected chi connectivity index (χ2v) is 8.45. The van der Waals surface area contributed by atoms with Gasteiger partial charge < -0.3 is 19.3 Å². The summed E-state index contributed by atoms with van der Waals surface area (Å²) in [6, 6.07) is 13.8. The van der Waals surface area contributed by atoms with Crippen molar-refractivity contribution >= 4 is 11.8 Å². The van der Waals surface area contributed by atoms with Crippen LogP contribution in [0.2, 0.25) is 0 Å². The number of carboxylic acid groups (broad SMARTS) is 1. The van der Waals surface area contributed by atoms with Gasteiger partial charge in [0.25, 0.3) is 0 Å². The van der Waals surface area contributed by atoms with Crippen LogP contribution in [0.5, 0.6) is 5.75 Å². The summed E-state index contributed by atoms with van der Waals surface area (Å²) in [4.78, 5) is 23.1. The number of carbonyl (C=O) groups is 1. The lowest BCUT2D eigenvalue weighted by Gasteiger charge is -2.17. The third kappa shape index (κ3) is 3.85. The molecule has 0 aliphatic carbocycles. The first-order valence-electron chi connectivity index (χ1n) is 11.0.